The molecule has 0 amide bonds. The lowest BCUT2D eigenvalue weighted by Gasteiger charge is -2.18. The molecule has 0 unspecified atom stereocenters. The van der Waals surface area contributed by atoms with E-state index in [4.69, 9.17) is 25.8 Å². The Morgan fingerprint density at radius 1 is 1.00 bits per heavy atom. The first-order valence-corrected chi connectivity index (χ1v) is 7.87. The summed E-state index contributed by atoms with van der Waals surface area (Å²) >= 11 is 5.65. The number of benzene rings is 1. The van der Waals surface area contributed by atoms with E-state index in [1.807, 2.05) is 20.8 Å². The Morgan fingerprint density at radius 3 is 2.19 bits per heavy atom. The lowest BCUT2D eigenvalue weighted by molar-refractivity contribution is 0.0977. The average molecular weight is 315 g/mol. The van der Waals surface area contributed by atoms with Crippen LogP contribution >= 0.6 is 11.6 Å². The molecule has 0 heterocycles. The second kappa shape index (κ2) is 9.50. The summed E-state index contributed by atoms with van der Waals surface area (Å²) in [6, 6.07) is 3.49. The zero-order valence-electron chi connectivity index (χ0n) is 12.9. The Bertz CT molecular complexity index is 460. The fourth-order valence-electron chi connectivity index (χ4n) is 1.96. The molecule has 1 aromatic rings. The molecule has 5 heteroatoms. The number of alkyl halides is 1. The van der Waals surface area contributed by atoms with Gasteiger partial charge in [0.05, 0.1) is 25.4 Å². The third kappa shape index (κ3) is 4.81. The van der Waals surface area contributed by atoms with Crippen molar-refractivity contribution in [1.29, 1.82) is 0 Å². The first-order chi connectivity index (χ1) is 10.2. The molecule has 0 bridgehead atoms. The molecule has 0 aliphatic carbocycles. The van der Waals surface area contributed by atoms with Crippen LogP contribution in [-0.2, 0) is 0 Å². The number of halogens is 1. The van der Waals surface area contributed by atoms with E-state index in [1.165, 1.54) is 0 Å². The van der Waals surface area contributed by atoms with Crippen molar-refractivity contribution in [2.24, 2.45) is 0 Å². The van der Waals surface area contributed by atoms with E-state index in [-0.39, 0.29) is 5.78 Å². The predicted molar refractivity (Wildman–Crippen MR) is 84.2 cm³/mol. The van der Waals surface area contributed by atoms with Crippen molar-refractivity contribution < 1.29 is 19.0 Å². The first kappa shape index (κ1) is 17.6. The molecule has 0 saturated heterocycles. The van der Waals surface area contributed by atoms with Gasteiger partial charge in [-0.15, -0.1) is 11.6 Å². The van der Waals surface area contributed by atoms with Gasteiger partial charge >= 0.3 is 0 Å². The van der Waals surface area contributed by atoms with E-state index in [9.17, 15) is 4.79 Å². The Balaban J connectivity index is 3.23. The van der Waals surface area contributed by atoms with Crippen molar-refractivity contribution in [3.63, 3.8) is 0 Å². The van der Waals surface area contributed by atoms with Crippen LogP contribution in [0, 0.1) is 0 Å². The Morgan fingerprint density at radius 2 is 1.62 bits per heavy atom. The first-order valence-electron chi connectivity index (χ1n) is 7.34. The van der Waals surface area contributed by atoms with Crippen molar-refractivity contribution in [1.82, 2.24) is 0 Å². The van der Waals surface area contributed by atoms with Gasteiger partial charge in [0.25, 0.3) is 0 Å². The van der Waals surface area contributed by atoms with E-state index in [0.717, 1.165) is 0 Å². The van der Waals surface area contributed by atoms with Gasteiger partial charge < -0.3 is 14.2 Å². The van der Waals surface area contributed by atoms with Crippen LogP contribution in [0.15, 0.2) is 12.1 Å². The number of Topliss-reactive ketones (excluding diaryl/α,β-unsaturated/α-hetero) is 1. The van der Waals surface area contributed by atoms with Crippen LogP contribution in [0.3, 0.4) is 0 Å². The number of rotatable bonds is 10. The summed E-state index contributed by atoms with van der Waals surface area (Å²) in [4.78, 5) is 12.3. The molecule has 1 aromatic carbocycles. The van der Waals surface area contributed by atoms with Gasteiger partial charge in [-0.1, -0.05) is 0 Å². The van der Waals surface area contributed by atoms with Crippen molar-refractivity contribution in [3.8, 4) is 17.2 Å². The molecule has 0 saturated carbocycles. The van der Waals surface area contributed by atoms with E-state index in [0.29, 0.717) is 61.4 Å². The van der Waals surface area contributed by atoms with Crippen LogP contribution in [0.2, 0.25) is 0 Å². The highest BCUT2D eigenvalue weighted by Crippen LogP contribution is 2.41. The smallest absolute Gasteiger partial charge is 0.204 e. The minimum atomic E-state index is 0.00287. The highest BCUT2D eigenvalue weighted by molar-refractivity contribution is 6.18. The van der Waals surface area contributed by atoms with Gasteiger partial charge in [-0.05, 0) is 39.3 Å². The fourth-order valence-corrected chi connectivity index (χ4v) is 2.10. The number of hydrogen-bond acceptors (Lipinski definition) is 4. The molecule has 21 heavy (non-hydrogen) atoms. The van der Waals surface area contributed by atoms with Gasteiger partial charge in [-0.2, -0.15) is 0 Å². The monoisotopic (exact) mass is 314 g/mol. The quantitative estimate of drug-likeness (QED) is 0.482. The van der Waals surface area contributed by atoms with Gasteiger partial charge in [-0.3, -0.25) is 4.79 Å². The molecular formula is C16H23ClO4. The van der Waals surface area contributed by atoms with Gasteiger partial charge in [0.1, 0.15) is 0 Å². The predicted octanol–water partition coefficient (Wildman–Crippen LogP) is 4.08. The van der Waals surface area contributed by atoms with E-state index >= 15 is 0 Å². The minimum absolute atomic E-state index is 0.00287. The molecule has 0 spiro atoms. The van der Waals surface area contributed by atoms with Crippen LogP contribution in [0.5, 0.6) is 17.2 Å². The maximum absolute atomic E-state index is 12.3. The average Bonchev–Trinajstić information content (AvgIpc) is 2.48. The summed E-state index contributed by atoms with van der Waals surface area (Å²) < 4.78 is 16.8. The summed E-state index contributed by atoms with van der Waals surface area (Å²) in [6.45, 7) is 7.09. The third-order valence-corrected chi connectivity index (χ3v) is 3.06. The maximum atomic E-state index is 12.3. The molecule has 0 aromatic heterocycles. The maximum Gasteiger partial charge on any atom is 0.204 e. The number of ketones is 1. The molecule has 118 valence electrons. The number of carbonyl (C=O) groups excluding carboxylic acids is 1. The second-order valence-corrected chi connectivity index (χ2v) is 4.66. The molecular weight excluding hydrogens is 292 g/mol. The summed E-state index contributed by atoms with van der Waals surface area (Å²) in [5.41, 5.74) is 0.522. The van der Waals surface area contributed by atoms with E-state index in [1.54, 1.807) is 12.1 Å². The molecule has 0 fully saturated rings. The number of ether oxygens (including phenoxy) is 3. The van der Waals surface area contributed by atoms with Crippen molar-refractivity contribution >= 4 is 17.4 Å². The minimum Gasteiger partial charge on any atom is -0.490 e. The summed E-state index contributed by atoms with van der Waals surface area (Å²) in [6.07, 6.45) is 1.03. The lowest BCUT2D eigenvalue weighted by Crippen LogP contribution is -2.08. The standard InChI is InChI=1S/C16H23ClO4/c1-4-19-14-10-9-12(13(18)8-7-11-17)15(20-5-2)16(14)21-6-3/h9-10H,4-8,11H2,1-3H3. The van der Waals surface area contributed by atoms with Crippen LogP contribution in [0.4, 0.5) is 0 Å². The van der Waals surface area contributed by atoms with Crippen LogP contribution < -0.4 is 14.2 Å². The molecule has 1 rings (SSSR count). The summed E-state index contributed by atoms with van der Waals surface area (Å²) in [7, 11) is 0. The molecule has 4 nitrogen and oxygen atoms in total. The second-order valence-electron chi connectivity index (χ2n) is 4.28. The Labute approximate surface area is 131 Å². The normalized spacial score (nSPS) is 10.3. The van der Waals surface area contributed by atoms with Gasteiger partial charge in [-0.25, -0.2) is 0 Å². The number of carbonyl (C=O) groups is 1. The topological polar surface area (TPSA) is 44.8 Å². The van der Waals surface area contributed by atoms with E-state index < -0.39 is 0 Å². The van der Waals surface area contributed by atoms with E-state index in [2.05, 4.69) is 0 Å². The zero-order valence-corrected chi connectivity index (χ0v) is 13.7. The van der Waals surface area contributed by atoms with Crippen LogP contribution in [-0.4, -0.2) is 31.5 Å². The molecule has 0 aliphatic rings. The van der Waals surface area contributed by atoms with Crippen molar-refractivity contribution in [2.75, 3.05) is 25.7 Å². The summed E-state index contributed by atoms with van der Waals surface area (Å²) in [5, 5.41) is 0. The van der Waals surface area contributed by atoms with Gasteiger partial charge in [0.15, 0.2) is 17.3 Å². The molecule has 0 N–H and O–H groups in total. The van der Waals surface area contributed by atoms with Crippen molar-refractivity contribution in [3.05, 3.63) is 17.7 Å². The molecule has 0 atom stereocenters. The molecule has 0 aliphatic heterocycles. The fraction of sp³-hybridized carbons (Fsp3) is 0.562. The van der Waals surface area contributed by atoms with Gasteiger partial charge in [0.2, 0.25) is 5.75 Å². The number of hydrogen-bond donors (Lipinski definition) is 0. The Hall–Kier alpha value is -1.42. The SMILES string of the molecule is CCOc1ccc(C(=O)CCCCl)c(OCC)c1OCC. The van der Waals surface area contributed by atoms with Crippen molar-refractivity contribution in [2.45, 2.75) is 33.6 Å². The van der Waals surface area contributed by atoms with Gasteiger partial charge in [0, 0.05) is 12.3 Å². The lowest BCUT2D eigenvalue weighted by atomic mass is 10.0. The summed E-state index contributed by atoms with van der Waals surface area (Å²) in [5.74, 6) is 2.02. The highest BCUT2D eigenvalue weighted by atomic mass is 35.5. The Kier molecular flexibility index (Phi) is 7.98. The van der Waals surface area contributed by atoms with Crippen LogP contribution in [0.25, 0.3) is 0 Å². The highest BCUT2D eigenvalue weighted by Gasteiger charge is 2.21. The van der Waals surface area contributed by atoms with Crippen LogP contribution in [0.1, 0.15) is 44.0 Å². The third-order valence-electron chi connectivity index (χ3n) is 2.79. The molecule has 0 radical (unpaired) electrons. The zero-order chi connectivity index (χ0) is 15.7. The largest absolute Gasteiger partial charge is 0.490 e.